The predicted octanol–water partition coefficient (Wildman–Crippen LogP) is 0.523. The van der Waals surface area contributed by atoms with Crippen LogP contribution in [0.1, 0.15) is 12.2 Å². The summed E-state index contributed by atoms with van der Waals surface area (Å²) >= 11 is 0. The molecule has 0 bridgehead atoms. The first-order valence-corrected chi connectivity index (χ1v) is 3.10. The van der Waals surface area contributed by atoms with Gasteiger partial charge in [-0.3, -0.25) is 0 Å². The van der Waals surface area contributed by atoms with Crippen molar-refractivity contribution in [2.45, 2.75) is 12.8 Å². The first-order valence-electron chi connectivity index (χ1n) is 3.10. The summed E-state index contributed by atoms with van der Waals surface area (Å²) in [6, 6.07) is 0. The molecule has 0 spiro atoms. The Morgan fingerprint density at radius 2 is 2.50 bits per heavy atom. The van der Waals surface area contributed by atoms with Crippen LogP contribution in [0.3, 0.4) is 0 Å². The summed E-state index contributed by atoms with van der Waals surface area (Å²) in [4.78, 5) is 0. The standard InChI is InChI=1S/C6H9N4/c1-2-3-4-5-6-7-9-10-8-6/h2-3H,1,4-5H2,(H,7,8,9,10)/b3-2+. The molecule has 0 amide bonds. The van der Waals surface area contributed by atoms with Gasteiger partial charge in [0.05, 0.1) is 0 Å². The molecule has 0 saturated heterocycles. The lowest BCUT2D eigenvalue weighted by molar-refractivity contribution is 0.881. The fraction of sp³-hybridized carbons (Fsp3) is 0.333. The van der Waals surface area contributed by atoms with Crippen LogP contribution in [0.15, 0.2) is 12.2 Å². The monoisotopic (exact) mass is 137 g/mol. The van der Waals surface area contributed by atoms with Crippen molar-refractivity contribution in [2.24, 2.45) is 0 Å². The van der Waals surface area contributed by atoms with Crippen LogP contribution >= 0.6 is 0 Å². The highest BCUT2D eigenvalue weighted by Crippen LogP contribution is 1.92. The van der Waals surface area contributed by atoms with Crippen molar-refractivity contribution in [3.63, 3.8) is 0 Å². The predicted molar refractivity (Wildman–Crippen MR) is 37.0 cm³/mol. The summed E-state index contributed by atoms with van der Waals surface area (Å²) in [6.45, 7) is 3.56. The maximum Gasteiger partial charge on any atom is 0.148 e. The van der Waals surface area contributed by atoms with Crippen molar-refractivity contribution in [3.8, 4) is 0 Å². The molecule has 10 heavy (non-hydrogen) atoms. The van der Waals surface area contributed by atoms with E-state index in [2.05, 4.69) is 27.5 Å². The normalized spacial score (nSPS) is 10.9. The van der Waals surface area contributed by atoms with Gasteiger partial charge in [0.15, 0.2) is 0 Å². The minimum absolute atomic E-state index is 0.818. The van der Waals surface area contributed by atoms with Gasteiger partial charge in [0.1, 0.15) is 5.82 Å². The molecule has 53 valence electrons. The fourth-order valence-corrected chi connectivity index (χ4v) is 0.623. The van der Waals surface area contributed by atoms with E-state index >= 15 is 0 Å². The Balaban J connectivity index is 2.28. The Bertz CT molecular complexity index is 190. The Labute approximate surface area is 59.3 Å². The molecular formula is C6H9N4. The van der Waals surface area contributed by atoms with Crippen LogP contribution in [0.5, 0.6) is 0 Å². The topological polar surface area (TPSA) is 54.5 Å². The van der Waals surface area contributed by atoms with Crippen LogP contribution in [-0.4, -0.2) is 20.6 Å². The summed E-state index contributed by atoms with van der Waals surface area (Å²) in [6.07, 6.45) is 5.52. The van der Waals surface area contributed by atoms with Crippen LogP contribution in [-0.2, 0) is 6.42 Å². The Morgan fingerprint density at radius 3 is 3.10 bits per heavy atom. The lowest BCUT2D eigenvalue weighted by atomic mass is 10.3. The van der Waals surface area contributed by atoms with Gasteiger partial charge in [-0.15, -0.1) is 5.10 Å². The molecule has 0 saturated carbocycles. The lowest BCUT2D eigenvalue weighted by Gasteiger charge is -1.85. The SMILES string of the molecule is [CH2]/C=C/CCc1nnn[nH]1. The number of hydrogen-bond donors (Lipinski definition) is 1. The van der Waals surface area contributed by atoms with Crippen LogP contribution in [0.2, 0.25) is 0 Å². The maximum absolute atomic E-state index is 3.72. The van der Waals surface area contributed by atoms with Crippen molar-refractivity contribution in [1.29, 1.82) is 0 Å². The van der Waals surface area contributed by atoms with E-state index in [1.165, 1.54) is 0 Å². The maximum atomic E-state index is 3.72. The molecule has 0 aliphatic carbocycles. The van der Waals surface area contributed by atoms with Crippen LogP contribution in [0.4, 0.5) is 0 Å². The highest BCUT2D eigenvalue weighted by Gasteiger charge is 1.91. The molecule has 4 nitrogen and oxygen atoms in total. The second-order valence-corrected chi connectivity index (χ2v) is 1.86. The van der Waals surface area contributed by atoms with Gasteiger partial charge in [-0.25, -0.2) is 5.10 Å². The number of allylic oxidation sites excluding steroid dienone is 2. The Morgan fingerprint density at radius 1 is 1.60 bits per heavy atom. The number of nitrogens with one attached hydrogen (secondary N) is 1. The van der Waals surface area contributed by atoms with Gasteiger partial charge in [0.2, 0.25) is 0 Å². The zero-order chi connectivity index (χ0) is 7.23. The molecule has 1 radical (unpaired) electrons. The van der Waals surface area contributed by atoms with E-state index in [0.29, 0.717) is 0 Å². The Hall–Kier alpha value is -1.19. The summed E-state index contributed by atoms with van der Waals surface area (Å²) in [7, 11) is 0. The van der Waals surface area contributed by atoms with Crippen molar-refractivity contribution in [2.75, 3.05) is 0 Å². The zero-order valence-corrected chi connectivity index (χ0v) is 5.62. The first-order chi connectivity index (χ1) is 4.93. The van der Waals surface area contributed by atoms with E-state index < -0.39 is 0 Å². The van der Waals surface area contributed by atoms with Crippen molar-refractivity contribution in [1.82, 2.24) is 20.6 Å². The average Bonchev–Trinajstić information content (AvgIpc) is 2.41. The van der Waals surface area contributed by atoms with Gasteiger partial charge in [-0.05, 0) is 23.8 Å². The summed E-state index contributed by atoms with van der Waals surface area (Å²) in [5.74, 6) is 0.818. The minimum atomic E-state index is 0.818. The minimum Gasteiger partial charge on any atom is -0.243 e. The number of tetrazole rings is 1. The number of aromatic nitrogens is 4. The highest BCUT2D eigenvalue weighted by molar-refractivity contribution is 4.87. The van der Waals surface area contributed by atoms with E-state index in [1.807, 2.05) is 6.08 Å². The van der Waals surface area contributed by atoms with Crippen molar-refractivity contribution in [3.05, 3.63) is 24.9 Å². The molecule has 0 atom stereocenters. The number of hydrogen-bond acceptors (Lipinski definition) is 3. The molecule has 1 aromatic heterocycles. The van der Waals surface area contributed by atoms with Crippen LogP contribution in [0.25, 0.3) is 0 Å². The molecule has 0 fully saturated rings. The smallest absolute Gasteiger partial charge is 0.148 e. The van der Waals surface area contributed by atoms with Crippen LogP contribution in [0, 0.1) is 6.92 Å². The highest BCUT2D eigenvalue weighted by atomic mass is 15.5. The largest absolute Gasteiger partial charge is 0.243 e. The molecular weight excluding hydrogens is 128 g/mol. The number of nitrogens with zero attached hydrogens (tertiary/aromatic N) is 3. The van der Waals surface area contributed by atoms with Gasteiger partial charge in [0.25, 0.3) is 0 Å². The van der Waals surface area contributed by atoms with Crippen LogP contribution < -0.4 is 0 Å². The summed E-state index contributed by atoms with van der Waals surface area (Å²) < 4.78 is 0. The van der Waals surface area contributed by atoms with E-state index in [1.54, 1.807) is 6.08 Å². The molecule has 0 aliphatic rings. The van der Waals surface area contributed by atoms with Crippen molar-refractivity contribution < 1.29 is 0 Å². The summed E-state index contributed by atoms with van der Waals surface area (Å²) in [5, 5.41) is 13.3. The van der Waals surface area contributed by atoms with E-state index in [0.717, 1.165) is 18.7 Å². The van der Waals surface area contributed by atoms with Gasteiger partial charge in [0, 0.05) is 6.42 Å². The molecule has 0 unspecified atom stereocenters. The Kier molecular flexibility index (Phi) is 2.61. The molecule has 1 N–H and O–H groups in total. The number of rotatable bonds is 3. The molecule has 0 aliphatic heterocycles. The second-order valence-electron chi connectivity index (χ2n) is 1.86. The lowest BCUT2D eigenvalue weighted by Crippen LogP contribution is -1.85. The van der Waals surface area contributed by atoms with Gasteiger partial charge >= 0.3 is 0 Å². The molecule has 1 rings (SSSR count). The van der Waals surface area contributed by atoms with Gasteiger partial charge < -0.3 is 0 Å². The molecule has 0 aromatic carbocycles. The number of aromatic amines is 1. The van der Waals surface area contributed by atoms with E-state index in [9.17, 15) is 0 Å². The van der Waals surface area contributed by atoms with E-state index in [-0.39, 0.29) is 0 Å². The molecule has 4 heteroatoms. The van der Waals surface area contributed by atoms with Gasteiger partial charge in [-0.2, -0.15) is 0 Å². The summed E-state index contributed by atoms with van der Waals surface area (Å²) in [5.41, 5.74) is 0. The van der Waals surface area contributed by atoms with Crippen molar-refractivity contribution >= 4 is 0 Å². The number of aryl methyl sites for hydroxylation is 1. The van der Waals surface area contributed by atoms with Gasteiger partial charge in [-0.1, -0.05) is 12.2 Å². The quantitative estimate of drug-likeness (QED) is 0.660. The number of H-pyrrole nitrogens is 1. The third kappa shape index (κ3) is 1.97. The molecule has 1 aromatic rings. The molecule has 1 heterocycles. The van der Waals surface area contributed by atoms with E-state index in [4.69, 9.17) is 0 Å². The fourth-order valence-electron chi connectivity index (χ4n) is 0.623. The third-order valence-electron chi connectivity index (χ3n) is 1.10. The third-order valence-corrected chi connectivity index (χ3v) is 1.10. The average molecular weight is 137 g/mol. The first kappa shape index (κ1) is 6.92. The second kappa shape index (κ2) is 3.76. The zero-order valence-electron chi connectivity index (χ0n) is 5.62.